The van der Waals surface area contributed by atoms with Crippen molar-refractivity contribution >= 4 is 0 Å². The highest BCUT2D eigenvalue weighted by Crippen LogP contribution is 2.65. The van der Waals surface area contributed by atoms with Gasteiger partial charge in [-0.25, -0.2) is 0 Å². The van der Waals surface area contributed by atoms with E-state index >= 15 is 8.78 Å². The van der Waals surface area contributed by atoms with Crippen molar-refractivity contribution in [2.24, 2.45) is 17.4 Å². The zero-order valence-corrected chi connectivity index (χ0v) is 21.9. The smallest absolute Gasteiger partial charge is 0.328 e. The SMILES string of the molecule is C=CCN(C1CCCC(C(F)(F)C(F)(F)C(F)(F)C(F)(F)C(F)(F)C(F)(F)C(F)(F)C(F)(F)F)C1)C1CCC(N)CC1N. The second kappa shape index (κ2) is 11.7. The third-order valence-corrected chi connectivity index (χ3v) is 8.04. The topological polar surface area (TPSA) is 55.3 Å². The fraction of sp³-hybridized carbons (Fsp3) is 0.913. The number of nitrogens with zero attached hydrogens (tertiary/aromatic N) is 1. The van der Waals surface area contributed by atoms with Gasteiger partial charge in [-0.05, 0) is 38.5 Å². The number of hydrogen-bond acceptors (Lipinski definition) is 3. The maximum atomic E-state index is 15.0. The summed E-state index contributed by atoms with van der Waals surface area (Å²) in [6, 6.07) is -2.83. The van der Waals surface area contributed by atoms with Gasteiger partial charge in [0, 0.05) is 36.6 Å². The van der Waals surface area contributed by atoms with Crippen molar-refractivity contribution in [3.8, 4) is 0 Å². The maximum Gasteiger partial charge on any atom is 0.460 e. The van der Waals surface area contributed by atoms with Crippen LogP contribution in [-0.2, 0) is 0 Å². The van der Waals surface area contributed by atoms with Gasteiger partial charge in [-0.2, -0.15) is 74.6 Å². The highest BCUT2D eigenvalue weighted by Gasteiger charge is 2.95. The molecule has 5 unspecified atom stereocenters. The van der Waals surface area contributed by atoms with E-state index < -0.39 is 90.9 Å². The Kier molecular flexibility index (Phi) is 10.2. The van der Waals surface area contributed by atoms with Crippen LogP contribution in [0, 0.1) is 5.92 Å². The number of rotatable bonds is 11. The van der Waals surface area contributed by atoms with Gasteiger partial charge in [-0.1, -0.05) is 12.5 Å². The minimum atomic E-state index is -8.63. The highest BCUT2D eigenvalue weighted by molar-refractivity contribution is 5.16. The average Bonchev–Trinajstić information content (AvgIpc) is 2.86. The summed E-state index contributed by atoms with van der Waals surface area (Å²) >= 11 is 0. The number of halogens is 17. The van der Waals surface area contributed by atoms with E-state index in [0.29, 0.717) is 6.42 Å². The molecule has 0 spiro atoms. The summed E-state index contributed by atoms with van der Waals surface area (Å²) in [6.45, 7) is 3.34. The first-order chi connectivity index (χ1) is 19.1. The van der Waals surface area contributed by atoms with E-state index in [1.54, 1.807) is 0 Å². The van der Waals surface area contributed by atoms with E-state index in [0.717, 1.165) is 0 Å². The lowest BCUT2D eigenvalue weighted by atomic mass is 9.75. The zero-order chi connectivity index (χ0) is 33.8. The van der Waals surface area contributed by atoms with Gasteiger partial charge in [-0.3, -0.25) is 4.90 Å². The highest BCUT2D eigenvalue weighted by atomic mass is 19.4. The molecule has 254 valence electrons. The van der Waals surface area contributed by atoms with E-state index in [-0.39, 0.29) is 31.8 Å². The molecule has 43 heavy (non-hydrogen) atoms. The van der Waals surface area contributed by atoms with Gasteiger partial charge in [0.2, 0.25) is 0 Å². The Morgan fingerprint density at radius 1 is 0.605 bits per heavy atom. The molecule has 0 bridgehead atoms. The average molecular weight is 669 g/mol. The van der Waals surface area contributed by atoms with Gasteiger partial charge in [-0.15, -0.1) is 6.58 Å². The molecule has 3 nitrogen and oxygen atoms in total. The largest absolute Gasteiger partial charge is 0.460 e. The molecule has 0 aromatic rings. The molecule has 20 heteroatoms. The Labute approximate surface area is 233 Å². The van der Waals surface area contributed by atoms with Crippen LogP contribution < -0.4 is 11.5 Å². The Balaban J connectivity index is 2.48. The summed E-state index contributed by atoms with van der Waals surface area (Å²) in [5, 5.41) is 0. The number of nitrogens with two attached hydrogens (primary N) is 2. The third-order valence-electron chi connectivity index (χ3n) is 8.04. The van der Waals surface area contributed by atoms with E-state index in [1.165, 1.54) is 11.0 Å². The van der Waals surface area contributed by atoms with Gasteiger partial charge in [0.05, 0.1) is 0 Å². The standard InChI is InChI=1S/C23H28F17N3/c1-2-8-43(15-7-6-12(41)10-14(15)42)13-5-3-4-11(9-13)16(24,25)17(26,27)18(28,29)19(30,31)20(32,33)21(34,35)22(36,37)23(38,39)40/h2,11-15H,1,3-10,41-42H2. The molecule has 0 amide bonds. The fourth-order valence-electron chi connectivity index (χ4n) is 5.57. The Morgan fingerprint density at radius 3 is 1.51 bits per heavy atom. The van der Waals surface area contributed by atoms with Crippen molar-refractivity contribution < 1.29 is 74.6 Å². The molecule has 0 saturated heterocycles. The van der Waals surface area contributed by atoms with Gasteiger partial charge < -0.3 is 11.5 Å². The van der Waals surface area contributed by atoms with Crippen LogP contribution in [0.2, 0.25) is 0 Å². The van der Waals surface area contributed by atoms with Gasteiger partial charge in [0.1, 0.15) is 0 Å². The maximum absolute atomic E-state index is 15.0. The first-order valence-corrected chi connectivity index (χ1v) is 12.7. The quantitative estimate of drug-likeness (QED) is 0.180. The Hall–Kier alpha value is -1.57. The van der Waals surface area contributed by atoms with Crippen LogP contribution in [-0.4, -0.2) is 83.2 Å². The summed E-state index contributed by atoms with van der Waals surface area (Å²) in [5.41, 5.74) is 11.9. The summed E-state index contributed by atoms with van der Waals surface area (Å²) in [4.78, 5) is 1.42. The van der Waals surface area contributed by atoms with Gasteiger partial charge in [0.15, 0.2) is 0 Å². The predicted molar refractivity (Wildman–Crippen MR) is 117 cm³/mol. The molecule has 0 aliphatic heterocycles. The molecule has 0 aromatic carbocycles. The summed E-state index contributed by atoms with van der Waals surface area (Å²) < 4.78 is 233. The van der Waals surface area contributed by atoms with Crippen LogP contribution in [0.1, 0.15) is 44.9 Å². The van der Waals surface area contributed by atoms with Crippen LogP contribution >= 0.6 is 0 Å². The van der Waals surface area contributed by atoms with Crippen molar-refractivity contribution in [2.75, 3.05) is 6.54 Å². The monoisotopic (exact) mass is 669 g/mol. The second-order valence-electron chi connectivity index (χ2n) is 10.9. The lowest BCUT2D eigenvalue weighted by Crippen LogP contribution is -2.75. The molecule has 4 N–H and O–H groups in total. The first-order valence-electron chi connectivity index (χ1n) is 12.7. The number of alkyl halides is 17. The summed E-state index contributed by atoms with van der Waals surface area (Å²) in [7, 11) is 0. The molecule has 5 atom stereocenters. The normalized spacial score (nSPS) is 27.9. The van der Waals surface area contributed by atoms with Crippen LogP contribution in [0.15, 0.2) is 12.7 Å². The van der Waals surface area contributed by atoms with E-state index in [1.807, 2.05) is 0 Å². The van der Waals surface area contributed by atoms with Gasteiger partial charge >= 0.3 is 47.6 Å². The van der Waals surface area contributed by atoms with Crippen LogP contribution in [0.4, 0.5) is 74.6 Å². The van der Waals surface area contributed by atoms with Crippen molar-refractivity contribution in [1.82, 2.24) is 4.90 Å². The zero-order valence-electron chi connectivity index (χ0n) is 21.9. The lowest BCUT2D eigenvalue weighted by molar-refractivity contribution is -0.463. The van der Waals surface area contributed by atoms with Crippen molar-refractivity contribution in [2.45, 2.75) is 117 Å². The molecule has 2 saturated carbocycles. The second-order valence-corrected chi connectivity index (χ2v) is 10.9. The lowest BCUT2D eigenvalue weighted by Gasteiger charge is -2.48. The van der Waals surface area contributed by atoms with Crippen LogP contribution in [0.25, 0.3) is 0 Å². The van der Waals surface area contributed by atoms with Crippen molar-refractivity contribution in [3.05, 3.63) is 12.7 Å². The first kappa shape index (κ1) is 37.6. The van der Waals surface area contributed by atoms with E-state index in [4.69, 9.17) is 11.5 Å². The molecule has 0 radical (unpaired) electrons. The molecule has 2 rings (SSSR count). The Morgan fingerprint density at radius 2 is 1.07 bits per heavy atom. The molecular formula is C23H28F17N3. The number of hydrogen-bond donors (Lipinski definition) is 2. The summed E-state index contributed by atoms with van der Waals surface area (Å²) in [6.07, 6.45) is -8.40. The molecule has 2 aliphatic carbocycles. The molecule has 0 aromatic heterocycles. The molecule has 0 heterocycles. The van der Waals surface area contributed by atoms with Crippen LogP contribution in [0.5, 0.6) is 0 Å². The van der Waals surface area contributed by atoms with E-state index in [2.05, 4.69) is 6.58 Å². The Bertz CT molecular complexity index is 981. The molecule has 2 aliphatic rings. The molecular weight excluding hydrogens is 641 g/mol. The molecule has 2 fully saturated rings. The van der Waals surface area contributed by atoms with Crippen LogP contribution in [0.3, 0.4) is 0 Å². The van der Waals surface area contributed by atoms with Crippen molar-refractivity contribution in [1.29, 1.82) is 0 Å². The minimum Gasteiger partial charge on any atom is -0.328 e. The van der Waals surface area contributed by atoms with Gasteiger partial charge in [0.25, 0.3) is 0 Å². The third kappa shape index (κ3) is 5.80. The summed E-state index contributed by atoms with van der Waals surface area (Å²) in [5.74, 6) is -59.2. The van der Waals surface area contributed by atoms with E-state index in [9.17, 15) is 65.9 Å². The predicted octanol–water partition coefficient (Wildman–Crippen LogP) is 7.25. The minimum absolute atomic E-state index is 0.0510. The van der Waals surface area contributed by atoms with Crippen molar-refractivity contribution in [3.63, 3.8) is 0 Å². The fourth-order valence-corrected chi connectivity index (χ4v) is 5.57.